The maximum absolute atomic E-state index is 12.3. The van der Waals surface area contributed by atoms with Gasteiger partial charge in [0.05, 0.1) is 11.3 Å². The van der Waals surface area contributed by atoms with Crippen molar-refractivity contribution in [1.82, 2.24) is 10.1 Å². The molecule has 2 aromatic rings. The molecule has 1 aliphatic rings. The summed E-state index contributed by atoms with van der Waals surface area (Å²) in [5, 5.41) is 4.02. The topological polar surface area (TPSA) is 55.6 Å². The summed E-state index contributed by atoms with van der Waals surface area (Å²) in [7, 11) is 1.81. The van der Waals surface area contributed by atoms with Gasteiger partial charge in [0.1, 0.15) is 6.61 Å². The van der Waals surface area contributed by atoms with Crippen molar-refractivity contribution in [3.05, 3.63) is 40.0 Å². The van der Waals surface area contributed by atoms with Crippen molar-refractivity contribution in [2.45, 2.75) is 45.3 Å². The molecule has 0 spiro atoms. The Morgan fingerprint density at radius 2 is 2.00 bits per heavy atom. The summed E-state index contributed by atoms with van der Waals surface area (Å²) in [6.45, 7) is 2.02. The van der Waals surface area contributed by atoms with Gasteiger partial charge in [-0.15, -0.1) is 0 Å². The first kappa shape index (κ1) is 17.0. The molecule has 1 fully saturated rings. The number of nitrogens with zero attached hydrogens (tertiary/aromatic N) is 2. The van der Waals surface area contributed by atoms with Gasteiger partial charge in [0, 0.05) is 23.1 Å². The van der Waals surface area contributed by atoms with Gasteiger partial charge in [-0.3, -0.25) is 0 Å². The van der Waals surface area contributed by atoms with E-state index in [9.17, 15) is 4.79 Å². The van der Waals surface area contributed by atoms with Crippen LogP contribution in [0.3, 0.4) is 0 Å². The molecule has 1 aliphatic carbocycles. The van der Waals surface area contributed by atoms with Crippen LogP contribution in [0.5, 0.6) is 0 Å². The molecule has 128 valence electrons. The van der Waals surface area contributed by atoms with Crippen molar-refractivity contribution in [1.29, 1.82) is 0 Å². The second-order valence-corrected chi connectivity index (χ2v) is 7.10. The molecule has 0 radical (unpaired) electrons. The summed E-state index contributed by atoms with van der Waals surface area (Å²) >= 11 is 3.42. The average Bonchev–Trinajstić information content (AvgIpc) is 3.23. The molecular weight excluding hydrogens is 372 g/mol. The molecule has 0 bridgehead atoms. The highest BCUT2D eigenvalue weighted by atomic mass is 79.9. The Balaban J connectivity index is 1.70. The highest BCUT2D eigenvalue weighted by molar-refractivity contribution is 9.10. The fraction of sp³-hybridized carbons (Fsp3) is 0.444. The van der Waals surface area contributed by atoms with E-state index < -0.39 is 0 Å². The number of rotatable bonds is 4. The van der Waals surface area contributed by atoms with Gasteiger partial charge < -0.3 is 14.2 Å². The minimum atomic E-state index is -0.288. The number of carbonyl (C=O) groups excluding carboxylic acids is 1. The molecule has 24 heavy (non-hydrogen) atoms. The fourth-order valence-corrected chi connectivity index (χ4v) is 3.33. The normalized spacial score (nSPS) is 14.8. The van der Waals surface area contributed by atoms with Crippen molar-refractivity contribution in [3.63, 3.8) is 0 Å². The van der Waals surface area contributed by atoms with Crippen LogP contribution in [0.4, 0.5) is 4.79 Å². The number of hydrogen-bond acceptors (Lipinski definition) is 4. The van der Waals surface area contributed by atoms with Crippen LogP contribution >= 0.6 is 15.9 Å². The van der Waals surface area contributed by atoms with Gasteiger partial charge in [0.2, 0.25) is 0 Å². The monoisotopic (exact) mass is 392 g/mol. The van der Waals surface area contributed by atoms with Crippen LogP contribution < -0.4 is 0 Å². The smallest absolute Gasteiger partial charge is 0.410 e. The first-order chi connectivity index (χ1) is 11.6. The number of aromatic nitrogens is 1. The van der Waals surface area contributed by atoms with Gasteiger partial charge in [-0.25, -0.2) is 4.79 Å². The minimum absolute atomic E-state index is 0.163. The second-order valence-electron chi connectivity index (χ2n) is 6.19. The quantitative estimate of drug-likeness (QED) is 0.740. The molecule has 0 aliphatic heterocycles. The van der Waals surface area contributed by atoms with Gasteiger partial charge >= 0.3 is 6.09 Å². The first-order valence-electron chi connectivity index (χ1n) is 8.17. The van der Waals surface area contributed by atoms with Gasteiger partial charge in [0.25, 0.3) is 0 Å². The second kappa shape index (κ2) is 7.38. The van der Waals surface area contributed by atoms with E-state index in [1.807, 2.05) is 38.2 Å². The standard InChI is InChI=1S/C18H21BrN2O3/c1-12-16(11-23-18(22)21(2)15-5-3-4-6-15)17(24-20-12)13-7-9-14(19)10-8-13/h7-10,15H,3-6,11H2,1-2H3. The highest BCUT2D eigenvalue weighted by Gasteiger charge is 2.25. The zero-order valence-corrected chi connectivity index (χ0v) is 15.5. The van der Waals surface area contributed by atoms with Crippen LogP contribution in [0.25, 0.3) is 11.3 Å². The summed E-state index contributed by atoms with van der Waals surface area (Å²) in [5.41, 5.74) is 2.46. The molecule has 3 rings (SSSR count). The molecular formula is C18H21BrN2O3. The molecule has 1 amide bonds. The van der Waals surface area contributed by atoms with Crippen molar-refractivity contribution in [2.75, 3.05) is 7.05 Å². The molecule has 1 heterocycles. The number of carbonyl (C=O) groups is 1. The van der Waals surface area contributed by atoms with Gasteiger partial charge in [-0.05, 0) is 31.9 Å². The van der Waals surface area contributed by atoms with E-state index >= 15 is 0 Å². The number of aryl methyl sites for hydroxylation is 1. The fourth-order valence-electron chi connectivity index (χ4n) is 3.06. The predicted octanol–water partition coefficient (Wildman–Crippen LogP) is 4.92. The molecule has 0 saturated heterocycles. The van der Waals surface area contributed by atoms with E-state index in [-0.39, 0.29) is 12.7 Å². The number of benzene rings is 1. The Morgan fingerprint density at radius 3 is 2.67 bits per heavy atom. The predicted molar refractivity (Wildman–Crippen MR) is 94.6 cm³/mol. The van der Waals surface area contributed by atoms with E-state index in [0.717, 1.165) is 34.1 Å². The number of hydrogen-bond donors (Lipinski definition) is 0. The van der Waals surface area contributed by atoms with Crippen LogP contribution in [0.15, 0.2) is 33.3 Å². The van der Waals surface area contributed by atoms with Gasteiger partial charge in [-0.1, -0.05) is 46.1 Å². The van der Waals surface area contributed by atoms with E-state index in [1.165, 1.54) is 12.8 Å². The molecule has 1 aromatic heterocycles. The summed E-state index contributed by atoms with van der Waals surface area (Å²) in [6.07, 6.45) is 4.19. The van der Waals surface area contributed by atoms with Crippen LogP contribution in [-0.2, 0) is 11.3 Å². The molecule has 6 heteroatoms. The van der Waals surface area contributed by atoms with E-state index in [1.54, 1.807) is 4.90 Å². The van der Waals surface area contributed by atoms with E-state index in [2.05, 4.69) is 21.1 Å². The first-order valence-corrected chi connectivity index (χ1v) is 8.96. The summed E-state index contributed by atoms with van der Waals surface area (Å²) in [6, 6.07) is 8.07. The van der Waals surface area contributed by atoms with Crippen molar-refractivity contribution >= 4 is 22.0 Å². The lowest BCUT2D eigenvalue weighted by Gasteiger charge is -2.23. The van der Waals surface area contributed by atoms with Crippen molar-refractivity contribution < 1.29 is 14.1 Å². The maximum atomic E-state index is 12.3. The lowest BCUT2D eigenvalue weighted by molar-refractivity contribution is 0.0917. The molecule has 5 nitrogen and oxygen atoms in total. The minimum Gasteiger partial charge on any atom is -0.444 e. The third-order valence-corrected chi connectivity index (χ3v) is 5.12. The van der Waals surface area contributed by atoms with Gasteiger partial charge in [0.15, 0.2) is 5.76 Å². The summed E-state index contributed by atoms with van der Waals surface area (Å²) in [5.74, 6) is 0.649. The maximum Gasteiger partial charge on any atom is 0.410 e. The molecule has 1 aromatic carbocycles. The Hall–Kier alpha value is -1.82. The number of ether oxygens (including phenoxy) is 1. The SMILES string of the molecule is Cc1noc(-c2ccc(Br)cc2)c1COC(=O)N(C)C1CCCC1. The van der Waals surface area contributed by atoms with Gasteiger partial charge in [-0.2, -0.15) is 0 Å². The highest BCUT2D eigenvalue weighted by Crippen LogP contribution is 2.28. The number of amides is 1. The lowest BCUT2D eigenvalue weighted by Crippen LogP contribution is -2.35. The Morgan fingerprint density at radius 1 is 1.33 bits per heavy atom. The van der Waals surface area contributed by atoms with E-state index in [4.69, 9.17) is 9.26 Å². The van der Waals surface area contributed by atoms with Crippen LogP contribution in [-0.4, -0.2) is 29.2 Å². The zero-order valence-electron chi connectivity index (χ0n) is 13.9. The Labute approximate surface area is 150 Å². The summed E-state index contributed by atoms with van der Waals surface area (Å²) in [4.78, 5) is 14.0. The van der Waals surface area contributed by atoms with Crippen molar-refractivity contribution in [2.24, 2.45) is 0 Å². The molecule has 1 saturated carbocycles. The largest absolute Gasteiger partial charge is 0.444 e. The van der Waals surface area contributed by atoms with E-state index in [0.29, 0.717) is 11.8 Å². The van der Waals surface area contributed by atoms with Crippen LogP contribution in [0.1, 0.15) is 36.9 Å². The average molecular weight is 393 g/mol. The Bertz CT molecular complexity index is 706. The number of halogens is 1. The third kappa shape index (κ3) is 3.64. The van der Waals surface area contributed by atoms with Crippen LogP contribution in [0, 0.1) is 6.92 Å². The van der Waals surface area contributed by atoms with Crippen molar-refractivity contribution in [3.8, 4) is 11.3 Å². The summed E-state index contributed by atoms with van der Waals surface area (Å²) < 4.78 is 11.9. The third-order valence-electron chi connectivity index (χ3n) is 4.59. The van der Waals surface area contributed by atoms with Crippen LogP contribution in [0.2, 0.25) is 0 Å². The molecule has 0 atom stereocenters. The Kier molecular flexibility index (Phi) is 5.23. The zero-order chi connectivity index (χ0) is 17.1. The molecule has 0 N–H and O–H groups in total. The molecule has 0 unspecified atom stereocenters. The lowest BCUT2D eigenvalue weighted by atomic mass is 10.1.